The number of benzene rings is 1. The second-order valence-corrected chi connectivity index (χ2v) is 8.87. The summed E-state index contributed by atoms with van der Waals surface area (Å²) in [5.74, 6) is 0.102. The molecular formula is C22H32N2O3. The first-order valence-electron chi connectivity index (χ1n) is 10.0. The summed E-state index contributed by atoms with van der Waals surface area (Å²) in [7, 11) is 0. The smallest absolute Gasteiger partial charge is 0.410 e. The van der Waals surface area contributed by atoms with Crippen molar-refractivity contribution in [2.45, 2.75) is 71.3 Å². The molecule has 0 unspecified atom stereocenters. The standard InChI is InChI=1S/C22H32N2O3/c1-6-17-7-8-18-19(15-17)24(16(2)25)14-11-22(18)9-12-23(13-10-22)20(26)27-21(3,4)5/h7-8,15H,6,9-14H2,1-5H3. The molecular weight excluding hydrogens is 340 g/mol. The molecule has 0 bridgehead atoms. The Morgan fingerprint density at radius 2 is 1.74 bits per heavy atom. The number of piperidine rings is 1. The number of amides is 2. The van der Waals surface area contributed by atoms with Gasteiger partial charge in [0.2, 0.25) is 5.91 Å². The van der Waals surface area contributed by atoms with E-state index < -0.39 is 5.60 Å². The Hall–Kier alpha value is -2.04. The third-order valence-electron chi connectivity index (χ3n) is 5.90. The summed E-state index contributed by atoms with van der Waals surface area (Å²) in [5, 5.41) is 0. The van der Waals surface area contributed by atoms with Gasteiger partial charge in [-0.05, 0) is 63.6 Å². The lowest BCUT2D eigenvalue weighted by molar-refractivity contribution is -0.116. The van der Waals surface area contributed by atoms with E-state index >= 15 is 0 Å². The van der Waals surface area contributed by atoms with Crippen LogP contribution in [0.4, 0.5) is 10.5 Å². The lowest BCUT2D eigenvalue weighted by Gasteiger charge is -2.47. The van der Waals surface area contributed by atoms with E-state index in [1.807, 2.05) is 30.6 Å². The van der Waals surface area contributed by atoms with E-state index in [-0.39, 0.29) is 17.4 Å². The average molecular weight is 373 g/mol. The van der Waals surface area contributed by atoms with E-state index in [0.717, 1.165) is 37.9 Å². The van der Waals surface area contributed by atoms with Crippen molar-refractivity contribution in [1.29, 1.82) is 0 Å². The fraction of sp³-hybridized carbons (Fsp3) is 0.636. The van der Waals surface area contributed by atoms with E-state index in [2.05, 4.69) is 25.1 Å². The number of likely N-dealkylation sites (tertiary alicyclic amines) is 1. The van der Waals surface area contributed by atoms with Crippen molar-refractivity contribution in [2.75, 3.05) is 24.5 Å². The number of carbonyl (C=O) groups is 2. The number of rotatable bonds is 1. The molecule has 0 aromatic heterocycles. The second kappa shape index (κ2) is 7.17. The first-order chi connectivity index (χ1) is 12.6. The fourth-order valence-electron chi connectivity index (χ4n) is 4.34. The van der Waals surface area contributed by atoms with Crippen molar-refractivity contribution < 1.29 is 14.3 Å². The zero-order chi connectivity index (χ0) is 19.8. The molecule has 148 valence electrons. The van der Waals surface area contributed by atoms with E-state index in [4.69, 9.17) is 4.74 Å². The minimum Gasteiger partial charge on any atom is -0.444 e. The molecule has 0 radical (unpaired) electrons. The van der Waals surface area contributed by atoms with Crippen LogP contribution >= 0.6 is 0 Å². The maximum absolute atomic E-state index is 12.4. The highest BCUT2D eigenvalue weighted by molar-refractivity contribution is 5.93. The molecule has 27 heavy (non-hydrogen) atoms. The number of ether oxygens (including phenoxy) is 1. The first kappa shape index (κ1) is 19.7. The van der Waals surface area contributed by atoms with Crippen LogP contribution in [0.3, 0.4) is 0 Å². The SMILES string of the molecule is CCc1ccc2c(c1)N(C(C)=O)CCC21CCN(C(=O)OC(C)(C)C)CC1. The zero-order valence-electron chi connectivity index (χ0n) is 17.3. The summed E-state index contributed by atoms with van der Waals surface area (Å²) in [5.41, 5.74) is 3.17. The molecule has 0 saturated carbocycles. The maximum atomic E-state index is 12.4. The summed E-state index contributed by atoms with van der Waals surface area (Å²) in [6, 6.07) is 6.58. The van der Waals surface area contributed by atoms with Crippen LogP contribution in [0.1, 0.15) is 65.0 Å². The Labute approximate surface area is 162 Å². The number of carbonyl (C=O) groups excluding carboxylic acids is 2. The Morgan fingerprint density at radius 3 is 2.30 bits per heavy atom. The summed E-state index contributed by atoms with van der Waals surface area (Å²) in [6.45, 7) is 11.6. The van der Waals surface area contributed by atoms with Crippen LogP contribution in [0.5, 0.6) is 0 Å². The lowest BCUT2D eigenvalue weighted by Crippen LogP contribution is -2.50. The molecule has 2 aliphatic rings. The molecule has 2 heterocycles. The molecule has 2 aliphatic heterocycles. The lowest BCUT2D eigenvalue weighted by atomic mass is 9.67. The molecule has 1 spiro atoms. The van der Waals surface area contributed by atoms with Gasteiger partial charge in [-0.2, -0.15) is 0 Å². The zero-order valence-corrected chi connectivity index (χ0v) is 17.3. The predicted octanol–water partition coefficient (Wildman–Crippen LogP) is 4.27. The highest BCUT2D eigenvalue weighted by atomic mass is 16.6. The van der Waals surface area contributed by atoms with Gasteiger partial charge in [0.15, 0.2) is 0 Å². The van der Waals surface area contributed by atoms with E-state index in [1.54, 1.807) is 6.92 Å². The van der Waals surface area contributed by atoms with Gasteiger partial charge in [-0.15, -0.1) is 0 Å². The van der Waals surface area contributed by atoms with E-state index in [0.29, 0.717) is 13.1 Å². The number of aryl methyl sites for hydroxylation is 1. The molecule has 1 aromatic rings. The van der Waals surface area contributed by atoms with Crippen molar-refractivity contribution in [3.8, 4) is 0 Å². The van der Waals surface area contributed by atoms with Crippen LogP contribution in [0.25, 0.3) is 0 Å². The van der Waals surface area contributed by atoms with Crippen molar-refractivity contribution in [3.63, 3.8) is 0 Å². The maximum Gasteiger partial charge on any atom is 0.410 e. The largest absolute Gasteiger partial charge is 0.444 e. The van der Waals surface area contributed by atoms with Crippen LogP contribution in [-0.2, 0) is 21.4 Å². The van der Waals surface area contributed by atoms with Gasteiger partial charge in [0.05, 0.1) is 0 Å². The summed E-state index contributed by atoms with van der Waals surface area (Å²) in [6.07, 6.45) is 3.51. The summed E-state index contributed by atoms with van der Waals surface area (Å²) in [4.78, 5) is 28.3. The third-order valence-corrected chi connectivity index (χ3v) is 5.90. The fourth-order valence-corrected chi connectivity index (χ4v) is 4.34. The van der Waals surface area contributed by atoms with Gasteiger partial charge in [-0.3, -0.25) is 4.79 Å². The van der Waals surface area contributed by atoms with Crippen molar-refractivity contribution >= 4 is 17.7 Å². The van der Waals surface area contributed by atoms with Crippen LogP contribution in [0.2, 0.25) is 0 Å². The van der Waals surface area contributed by atoms with Gasteiger partial charge in [-0.1, -0.05) is 19.1 Å². The van der Waals surface area contributed by atoms with Gasteiger partial charge in [-0.25, -0.2) is 4.79 Å². The number of fused-ring (bicyclic) bond motifs is 2. The molecule has 1 saturated heterocycles. The molecule has 1 fully saturated rings. The van der Waals surface area contributed by atoms with E-state index in [1.165, 1.54) is 11.1 Å². The number of anilines is 1. The Morgan fingerprint density at radius 1 is 1.11 bits per heavy atom. The Kier molecular flexibility index (Phi) is 5.24. The summed E-state index contributed by atoms with van der Waals surface area (Å²) >= 11 is 0. The van der Waals surface area contributed by atoms with Crippen LogP contribution < -0.4 is 4.90 Å². The van der Waals surface area contributed by atoms with Gasteiger partial charge < -0.3 is 14.5 Å². The molecule has 5 nitrogen and oxygen atoms in total. The second-order valence-electron chi connectivity index (χ2n) is 8.87. The number of hydrogen-bond donors (Lipinski definition) is 0. The topological polar surface area (TPSA) is 49.9 Å². The quantitative estimate of drug-likeness (QED) is 0.739. The molecule has 5 heteroatoms. The van der Waals surface area contributed by atoms with Gasteiger partial charge in [0, 0.05) is 37.7 Å². The summed E-state index contributed by atoms with van der Waals surface area (Å²) < 4.78 is 5.54. The molecule has 1 aromatic carbocycles. The molecule has 0 N–H and O–H groups in total. The van der Waals surface area contributed by atoms with Crippen molar-refractivity contribution in [1.82, 2.24) is 4.90 Å². The van der Waals surface area contributed by atoms with E-state index in [9.17, 15) is 9.59 Å². The Balaban J connectivity index is 1.83. The van der Waals surface area contributed by atoms with Crippen LogP contribution in [0.15, 0.2) is 18.2 Å². The highest BCUT2D eigenvalue weighted by Crippen LogP contribution is 2.47. The van der Waals surface area contributed by atoms with Crippen molar-refractivity contribution in [2.24, 2.45) is 0 Å². The van der Waals surface area contributed by atoms with Gasteiger partial charge in [0.1, 0.15) is 5.60 Å². The first-order valence-corrected chi connectivity index (χ1v) is 10.0. The van der Waals surface area contributed by atoms with Crippen LogP contribution in [0, 0.1) is 0 Å². The monoisotopic (exact) mass is 372 g/mol. The van der Waals surface area contributed by atoms with Crippen LogP contribution in [-0.4, -0.2) is 42.1 Å². The molecule has 2 amide bonds. The predicted molar refractivity (Wildman–Crippen MR) is 107 cm³/mol. The normalized spacial score (nSPS) is 19.0. The number of nitrogens with zero attached hydrogens (tertiary/aromatic N) is 2. The highest BCUT2D eigenvalue weighted by Gasteiger charge is 2.43. The minimum atomic E-state index is -0.470. The number of hydrogen-bond acceptors (Lipinski definition) is 3. The molecule has 0 aliphatic carbocycles. The van der Waals surface area contributed by atoms with Gasteiger partial charge in [0.25, 0.3) is 0 Å². The molecule has 0 atom stereocenters. The van der Waals surface area contributed by atoms with Crippen molar-refractivity contribution in [3.05, 3.63) is 29.3 Å². The molecule has 3 rings (SSSR count). The third kappa shape index (κ3) is 3.97. The minimum absolute atomic E-state index is 0.0477. The average Bonchev–Trinajstić information content (AvgIpc) is 2.60. The Bertz CT molecular complexity index is 728. The van der Waals surface area contributed by atoms with Gasteiger partial charge >= 0.3 is 6.09 Å².